The van der Waals surface area contributed by atoms with Crippen molar-refractivity contribution in [1.29, 1.82) is 0 Å². The van der Waals surface area contributed by atoms with Crippen molar-refractivity contribution in [1.82, 2.24) is 15.4 Å². The number of halogens is 1. The first-order valence-electron chi connectivity index (χ1n) is 6.52. The lowest BCUT2D eigenvalue weighted by Gasteiger charge is -2.08. The van der Waals surface area contributed by atoms with Crippen molar-refractivity contribution in [2.75, 3.05) is 40.4 Å². The van der Waals surface area contributed by atoms with Crippen LogP contribution in [0.1, 0.15) is 10.4 Å². The normalized spacial score (nSPS) is 10.8. The van der Waals surface area contributed by atoms with Gasteiger partial charge in [0.25, 0.3) is 5.91 Å². The molecule has 1 aromatic carbocycles. The van der Waals surface area contributed by atoms with Crippen LogP contribution in [0.5, 0.6) is 0 Å². The molecule has 0 heterocycles. The average molecular weight is 352 g/mol. The molecule has 0 saturated carbocycles. The van der Waals surface area contributed by atoms with Crippen LogP contribution in [0, 0.1) is 0 Å². The first-order chi connectivity index (χ1) is 10.0. The molecule has 3 N–H and O–H groups in total. The molecule has 0 spiro atoms. The molecule has 0 aromatic heterocycles. The van der Waals surface area contributed by atoms with Gasteiger partial charge in [0.05, 0.1) is 11.5 Å². The maximum absolute atomic E-state index is 12.0. The highest BCUT2D eigenvalue weighted by Gasteiger charge is 2.15. The smallest absolute Gasteiger partial charge is 0.251 e. The Labute approximate surface area is 137 Å². The molecule has 0 aliphatic carbocycles. The summed E-state index contributed by atoms with van der Waals surface area (Å²) in [5.41, 5.74) is 0.306. The monoisotopic (exact) mass is 351 g/mol. The van der Waals surface area contributed by atoms with Gasteiger partial charge in [0.15, 0.2) is 0 Å². The van der Waals surface area contributed by atoms with Crippen LogP contribution >= 0.6 is 12.4 Å². The standard InChI is InChI=1S/C13H21N3O4S.ClH/c1-14-6-7-15-13(17)11-4-3-5-12(10-11)21(18,19)16-8-9-20-2;/h3-5,10,14,16H,6-9H2,1-2H3,(H,15,17);1H. The molecule has 0 saturated heterocycles. The van der Waals surface area contributed by atoms with Gasteiger partial charge in [-0.25, -0.2) is 13.1 Å². The second kappa shape index (κ2) is 10.5. The van der Waals surface area contributed by atoms with Gasteiger partial charge >= 0.3 is 0 Å². The van der Waals surface area contributed by atoms with Gasteiger partial charge < -0.3 is 15.4 Å². The lowest BCUT2D eigenvalue weighted by Crippen LogP contribution is -2.31. The minimum atomic E-state index is -3.64. The van der Waals surface area contributed by atoms with Crippen molar-refractivity contribution in [3.05, 3.63) is 29.8 Å². The molecule has 22 heavy (non-hydrogen) atoms. The number of nitrogens with one attached hydrogen (secondary N) is 3. The molecule has 0 bridgehead atoms. The van der Waals surface area contributed by atoms with E-state index in [0.717, 1.165) is 0 Å². The Hall–Kier alpha value is -1.19. The van der Waals surface area contributed by atoms with E-state index in [4.69, 9.17) is 4.74 Å². The molecule has 9 heteroatoms. The van der Waals surface area contributed by atoms with E-state index < -0.39 is 10.0 Å². The van der Waals surface area contributed by atoms with Gasteiger partial charge in [-0.15, -0.1) is 12.4 Å². The van der Waals surface area contributed by atoms with Gasteiger partial charge in [0, 0.05) is 32.3 Å². The van der Waals surface area contributed by atoms with Crippen LogP contribution in [-0.2, 0) is 14.8 Å². The molecule has 0 aliphatic heterocycles. The number of carbonyl (C=O) groups excluding carboxylic acids is 1. The molecule has 0 radical (unpaired) electrons. The van der Waals surface area contributed by atoms with Crippen LogP contribution in [-0.4, -0.2) is 54.7 Å². The number of carbonyl (C=O) groups is 1. The van der Waals surface area contributed by atoms with Crippen LogP contribution in [0.3, 0.4) is 0 Å². The minimum absolute atomic E-state index is 0. The zero-order valence-electron chi connectivity index (χ0n) is 12.6. The first kappa shape index (κ1) is 20.8. The van der Waals surface area contributed by atoms with Crippen LogP contribution < -0.4 is 15.4 Å². The second-order valence-electron chi connectivity index (χ2n) is 4.28. The third-order valence-electron chi connectivity index (χ3n) is 2.67. The van der Waals surface area contributed by atoms with Gasteiger partial charge in [-0.2, -0.15) is 0 Å². The number of sulfonamides is 1. The van der Waals surface area contributed by atoms with E-state index in [2.05, 4.69) is 15.4 Å². The Morgan fingerprint density at radius 2 is 1.95 bits per heavy atom. The zero-order chi connectivity index (χ0) is 15.7. The Morgan fingerprint density at radius 3 is 2.59 bits per heavy atom. The van der Waals surface area contributed by atoms with E-state index in [1.807, 2.05) is 0 Å². The van der Waals surface area contributed by atoms with E-state index in [0.29, 0.717) is 18.7 Å². The fourth-order valence-corrected chi connectivity index (χ4v) is 2.63. The van der Waals surface area contributed by atoms with Gasteiger partial charge in [-0.3, -0.25) is 4.79 Å². The Morgan fingerprint density at radius 1 is 1.23 bits per heavy atom. The summed E-state index contributed by atoms with van der Waals surface area (Å²) in [6.07, 6.45) is 0. The first-order valence-corrected chi connectivity index (χ1v) is 8.01. The summed E-state index contributed by atoms with van der Waals surface area (Å²) in [7, 11) is -0.363. The maximum Gasteiger partial charge on any atom is 0.251 e. The highest BCUT2D eigenvalue weighted by Crippen LogP contribution is 2.11. The summed E-state index contributed by atoms with van der Waals surface area (Å²) in [6.45, 7) is 1.57. The van der Waals surface area contributed by atoms with Crippen LogP contribution in [0.25, 0.3) is 0 Å². The molecule has 0 unspecified atom stereocenters. The predicted octanol–water partition coefficient (Wildman–Crippen LogP) is -0.0177. The van der Waals surface area contributed by atoms with Crippen molar-refractivity contribution in [3.8, 4) is 0 Å². The lowest BCUT2D eigenvalue weighted by atomic mass is 10.2. The van der Waals surface area contributed by atoms with Crippen molar-refractivity contribution < 1.29 is 17.9 Å². The van der Waals surface area contributed by atoms with Crippen LogP contribution in [0.2, 0.25) is 0 Å². The number of benzene rings is 1. The summed E-state index contributed by atoms with van der Waals surface area (Å²) in [4.78, 5) is 11.9. The highest BCUT2D eigenvalue weighted by atomic mass is 35.5. The molecular weight excluding hydrogens is 330 g/mol. The number of amides is 1. The van der Waals surface area contributed by atoms with E-state index >= 15 is 0 Å². The molecule has 7 nitrogen and oxygen atoms in total. The molecule has 1 amide bonds. The van der Waals surface area contributed by atoms with Crippen LogP contribution in [0.4, 0.5) is 0 Å². The van der Waals surface area contributed by atoms with Crippen molar-refractivity contribution in [2.45, 2.75) is 4.90 Å². The molecule has 0 fully saturated rings. The fourth-order valence-electron chi connectivity index (χ4n) is 1.57. The second-order valence-corrected chi connectivity index (χ2v) is 6.04. The van der Waals surface area contributed by atoms with E-state index in [1.165, 1.54) is 25.3 Å². The largest absolute Gasteiger partial charge is 0.383 e. The Balaban J connectivity index is 0.00000441. The van der Waals surface area contributed by atoms with Crippen molar-refractivity contribution in [3.63, 3.8) is 0 Å². The summed E-state index contributed by atoms with van der Waals surface area (Å²) in [5, 5.41) is 5.60. The number of methoxy groups -OCH3 is 1. The summed E-state index contributed by atoms with van der Waals surface area (Å²) < 4.78 is 31.3. The van der Waals surface area contributed by atoms with Crippen molar-refractivity contribution >= 4 is 28.3 Å². The number of ether oxygens (including phenoxy) is 1. The average Bonchev–Trinajstić information content (AvgIpc) is 2.47. The number of likely N-dealkylation sites (N-methyl/N-ethyl adjacent to an activating group) is 1. The van der Waals surface area contributed by atoms with Crippen molar-refractivity contribution in [2.24, 2.45) is 0 Å². The van der Waals surface area contributed by atoms with Gasteiger partial charge in [0.1, 0.15) is 0 Å². The number of rotatable bonds is 9. The molecule has 126 valence electrons. The fraction of sp³-hybridized carbons (Fsp3) is 0.462. The number of hydrogen-bond acceptors (Lipinski definition) is 5. The van der Waals surface area contributed by atoms with Gasteiger partial charge in [-0.05, 0) is 25.2 Å². The van der Waals surface area contributed by atoms with Gasteiger partial charge in [0.2, 0.25) is 10.0 Å². The van der Waals surface area contributed by atoms with E-state index in [1.54, 1.807) is 13.1 Å². The molecular formula is C13H22ClN3O4S. The Bertz CT molecular complexity index is 566. The van der Waals surface area contributed by atoms with E-state index in [-0.39, 0.29) is 36.4 Å². The summed E-state index contributed by atoms with van der Waals surface area (Å²) >= 11 is 0. The quantitative estimate of drug-likeness (QED) is 0.543. The zero-order valence-corrected chi connectivity index (χ0v) is 14.2. The van der Waals surface area contributed by atoms with Crippen LogP contribution in [0.15, 0.2) is 29.2 Å². The molecule has 1 aromatic rings. The Kier molecular flexibility index (Phi) is 9.95. The molecule has 0 aliphatic rings. The van der Waals surface area contributed by atoms with Gasteiger partial charge in [-0.1, -0.05) is 6.07 Å². The SMILES string of the molecule is CNCCNC(=O)c1cccc(S(=O)(=O)NCCOC)c1.Cl. The number of hydrogen-bond donors (Lipinski definition) is 3. The molecule has 1 rings (SSSR count). The minimum Gasteiger partial charge on any atom is -0.383 e. The highest BCUT2D eigenvalue weighted by molar-refractivity contribution is 7.89. The summed E-state index contributed by atoms with van der Waals surface area (Å²) in [5.74, 6) is -0.306. The third kappa shape index (κ3) is 6.71. The third-order valence-corrected chi connectivity index (χ3v) is 4.12. The van der Waals surface area contributed by atoms with E-state index in [9.17, 15) is 13.2 Å². The lowest BCUT2D eigenvalue weighted by molar-refractivity contribution is 0.0954. The predicted molar refractivity (Wildman–Crippen MR) is 87.0 cm³/mol. The molecule has 0 atom stereocenters. The maximum atomic E-state index is 12.0. The topological polar surface area (TPSA) is 96.5 Å². The summed E-state index contributed by atoms with van der Waals surface area (Å²) in [6, 6.07) is 5.91.